The van der Waals surface area contributed by atoms with Crippen LogP contribution >= 0.6 is 15.9 Å². The zero-order chi connectivity index (χ0) is 25.5. The summed E-state index contributed by atoms with van der Waals surface area (Å²) in [5.74, 6) is 0.715. The van der Waals surface area contributed by atoms with Gasteiger partial charge in [-0.2, -0.15) is 0 Å². The summed E-state index contributed by atoms with van der Waals surface area (Å²) in [6.45, 7) is 0.827. The highest BCUT2D eigenvalue weighted by molar-refractivity contribution is 9.10. The van der Waals surface area contributed by atoms with E-state index in [1.165, 1.54) is 11.1 Å². The fourth-order valence-electron chi connectivity index (χ4n) is 5.11. The molecule has 182 valence electrons. The zero-order valence-electron chi connectivity index (χ0n) is 20.5. The maximum absolute atomic E-state index is 5.03. The lowest BCUT2D eigenvalue weighted by atomic mass is 10.1. The van der Waals surface area contributed by atoms with Gasteiger partial charge in [0.25, 0.3) is 0 Å². The fraction of sp³-hybridized carbons (Fsp3) is 0.0303. The van der Waals surface area contributed by atoms with Gasteiger partial charge in [-0.05, 0) is 42.5 Å². The molecule has 6 aromatic rings. The normalized spacial score (nSPS) is 12.3. The molecule has 0 amide bonds. The van der Waals surface area contributed by atoms with Crippen molar-refractivity contribution in [2.24, 2.45) is 0 Å². The summed E-state index contributed by atoms with van der Waals surface area (Å²) in [6, 6.07) is 37.6. The van der Waals surface area contributed by atoms with E-state index in [1.54, 1.807) is 0 Å². The summed E-state index contributed by atoms with van der Waals surface area (Å²) in [4.78, 5) is 9.97. The van der Waals surface area contributed by atoms with Crippen molar-refractivity contribution in [2.45, 2.75) is 0 Å². The Morgan fingerprint density at radius 2 is 1.39 bits per heavy atom. The molecule has 0 spiro atoms. The zero-order valence-corrected chi connectivity index (χ0v) is 22.1. The van der Waals surface area contributed by atoms with Crippen LogP contribution in [0.15, 0.2) is 120 Å². The van der Waals surface area contributed by atoms with E-state index in [4.69, 9.17) is 9.97 Å². The molecule has 1 aliphatic rings. The molecule has 4 nitrogen and oxygen atoms in total. The van der Waals surface area contributed by atoms with Crippen LogP contribution in [0.5, 0.6) is 0 Å². The topological polar surface area (TPSA) is 42.7 Å². The largest absolute Gasteiger partial charge is 0.379 e. The molecule has 2 aromatic heterocycles. The Balaban J connectivity index is 1.42. The maximum Gasteiger partial charge on any atom is 0.160 e. The molecule has 0 radical (unpaired) electrons. The minimum atomic E-state index is 0.715. The number of fused-ring (bicyclic) bond motifs is 3. The summed E-state index contributed by atoms with van der Waals surface area (Å²) in [5, 5.41) is 4.78. The van der Waals surface area contributed by atoms with Crippen molar-refractivity contribution in [2.75, 3.05) is 11.9 Å². The summed E-state index contributed by atoms with van der Waals surface area (Å²) in [6.07, 6.45) is 4.37. The Morgan fingerprint density at radius 3 is 2.18 bits per heavy atom. The first-order valence-corrected chi connectivity index (χ1v) is 13.4. The number of anilines is 1. The molecular formula is C33H23BrN4. The van der Waals surface area contributed by atoms with Crippen LogP contribution in [0, 0.1) is 0 Å². The molecule has 0 fully saturated rings. The van der Waals surface area contributed by atoms with Crippen molar-refractivity contribution >= 4 is 38.6 Å². The Labute approximate surface area is 229 Å². The van der Waals surface area contributed by atoms with Crippen LogP contribution in [-0.2, 0) is 0 Å². The minimum Gasteiger partial charge on any atom is -0.379 e. The second kappa shape index (κ2) is 9.43. The van der Waals surface area contributed by atoms with Gasteiger partial charge < -0.3 is 9.88 Å². The first-order chi connectivity index (χ1) is 18.7. The van der Waals surface area contributed by atoms with E-state index < -0.39 is 0 Å². The van der Waals surface area contributed by atoms with Crippen molar-refractivity contribution in [1.29, 1.82) is 0 Å². The van der Waals surface area contributed by atoms with Gasteiger partial charge >= 0.3 is 0 Å². The molecule has 0 aliphatic carbocycles. The molecule has 1 N–H and O–H groups in total. The molecule has 1 aliphatic heterocycles. The van der Waals surface area contributed by atoms with Gasteiger partial charge in [-0.15, -0.1) is 0 Å². The Kier molecular flexibility index (Phi) is 5.64. The highest BCUT2D eigenvalue weighted by Crippen LogP contribution is 2.38. The molecule has 38 heavy (non-hydrogen) atoms. The highest BCUT2D eigenvalue weighted by Gasteiger charge is 2.19. The third-order valence-corrected chi connectivity index (χ3v) is 7.36. The summed E-state index contributed by atoms with van der Waals surface area (Å²) >= 11 is 3.68. The average Bonchev–Trinajstić information content (AvgIpc) is 3.31. The van der Waals surface area contributed by atoms with E-state index in [2.05, 4.69) is 111 Å². The van der Waals surface area contributed by atoms with Gasteiger partial charge in [0, 0.05) is 38.8 Å². The first-order valence-electron chi connectivity index (χ1n) is 12.6. The van der Waals surface area contributed by atoms with Gasteiger partial charge in [0.2, 0.25) is 0 Å². The maximum atomic E-state index is 5.03. The molecule has 7 rings (SSSR count). The van der Waals surface area contributed by atoms with Gasteiger partial charge in [0.05, 0.1) is 28.3 Å². The molecule has 0 unspecified atom stereocenters. The summed E-state index contributed by atoms with van der Waals surface area (Å²) < 4.78 is 3.37. The third-order valence-electron chi connectivity index (χ3n) is 6.87. The van der Waals surface area contributed by atoms with Gasteiger partial charge in [-0.25, -0.2) is 9.97 Å². The number of hydrogen-bond donors (Lipinski definition) is 1. The van der Waals surface area contributed by atoms with Gasteiger partial charge in [-0.3, -0.25) is 0 Å². The minimum absolute atomic E-state index is 0.715. The Bertz CT molecular complexity index is 1760. The van der Waals surface area contributed by atoms with Gasteiger partial charge in [0.1, 0.15) is 0 Å². The van der Waals surface area contributed by atoms with E-state index in [1.807, 2.05) is 36.4 Å². The number of aromatic nitrogens is 3. The molecule has 0 saturated carbocycles. The second-order valence-corrected chi connectivity index (χ2v) is 10.2. The van der Waals surface area contributed by atoms with Gasteiger partial charge in [0.15, 0.2) is 5.82 Å². The van der Waals surface area contributed by atoms with E-state index in [0.29, 0.717) is 5.82 Å². The van der Waals surface area contributed by atoms with E-state index in [0.717, 1.165) is 56.0 Å². The lowest BCUT2D eigenvalue weighted by Crippen LogP contribution is -2.06. The van der Waals surface area contributed by atoms with Crippen molar-refractivity contribution in [3.05, 3.63) is 125 Å². The predicted octanol–water partition coefficient (Wildman–Crippen LogP) is 8.62. The Hall–Kier alpha value is -4.48. The van der Waals surface area contributed by atoms with Crippen LogP contribution < -0.4 is 5.32 Å². The van der Waals surface area contributed by atoms with Crippen LogP contribution in [0.3, 0.4) is 0 Å². The van der Waals surface area contributed by atoms with Crippen LogP contribution in [0.4, 0.5) is 5.69 Å². The quantitative estimate of drug-likeness (QED) is 0.237. The molecule has 3 heterocycles. The number of hydrogen-bond acceptors (Lipinski definition) is 3. The molecule has 0 bridgehead atoms. The number of nitrogens with one attached hydrogen (secondary N) is 1. The number of nitrogens with zero attached hydrogens (tertiary/aromatic N) is 3. The van der Waals surface area contributed by atoms with E-state index in [-0.39, 0.29) is 0 Å². The van der Waals surface area contributed by atoms with Crippen molar-refractivity contribution in [1.82, 2.24) is 14.5 Å². The van der Waals surface area contributed by atoms with Crippen molar-refractivity contribution < 1.29 is 0 Å². The van der Waals surface area contributed by atoms with Crippen LogP contribution in [0.25, 0.3) is 56.6 Å². The molecular weight excluding hydrogens is 532 g/mol. The van der Waals surface area contributed by atoms with Crippen LogP contribution in [0.2, 0.25) is 0 Å². The fourth-order valence-corrected chi connectivity index (χ4v) is 5.46. The van der Waals surface area contributed by atoms with Crippen molar-refractivity contribution in [3.8, 4) is 39.6 Å². The van der Waals surface area contributed by atoms with Crippen LogP contribution in [-0.4, -0.2) is 21.1 Å². The summed E-state index contributed by atoms with van der Waals surface area (Å²) in [7, 11) is 0. The van der Waals surface area contributed by atoms with E-state index >= 15 is 0 Å². The standard InChI is InChI=1S/C33H23BrN4/c34-25-16-17-27-31(20-25)38(30-15-8-18-35-32(27)30)26-14-7-13-24(19-26)29-21-28(22-9-3-1-4-10-22)36-33(37-29)23-11-5-2-6-12-23/h1-17,19-21,35H,18H2. The Morgan fingerprint density at radius 1 is 0.684 bits per heavy atom. The number of halogens is 1. The van der Waals surface area contributed by atoms with E-state index in [9.17, 15) is 0 Å². The van der Waals surface area contributed by atoms with Gasteiger partial charge in [-0.1, -0.05) is 94.8 Å². The third kappa shape index (κ3) is 4.01. The molecule has 5 heteroatoms. The van der Waals surface area contributed by atoms with Crippen molar-refractivity contribution in [3.63, 3.8) is 0 Å². The number of rotatable bonds is 4. The molecule has 0 atom stereocenters. The molecule has 0 saturated heterocycles. The smallest absolute Gasteiger partial charge is 0.160 e. The monoisotopic (exact) mass is 554 g/mol. The lowest BCUT2D eigenvalue weighted by Gasteiger charge is -2.14. The van der Waals surface area contributed by atoms with Crippen LogP contribution in [0.1, 0.15) is 5.69 Å². The predicted molar refractivity (Wildman–Crippen MR) is 160 cm³/mol. The average molecular weight is 555 g/mol. The SMILES string of the molecule is Brc1ccc2c3c(n(-c4cccc(-c5cc(-c6ccccc6)nc(-c6ccccc6)n5)c4)c2c1)C=CCN3. The summed E-state index contributed by atoms with van der Waals surface area (Å²) in [5.41, 5.74) is 9.45. The first kappa shape index (κ1) is 22.7. The lowest BCUT2D eigenvalue weighted by molar-refractivity contribution is 1.09. The second-order valence-electron chi connectivity index (χ2n) is 9.28. The number of benzene rings is 4. The molecule has 4 aromatic carbocycles. The highest BCUT2D eigenvalue weighted by atomic mass is 79.9.